The second-order valence-corrected chi connectivity index (χ2v) is 8.51. The minimum atomic E-state index is 0.0243. The van der Waals surface area contributed by atoms with Crippen LogP contribution in [-0.2, 0) is 7.05 Å². The van der Waals surface area contributed by atoms with Crippen LogP contribution in [-0.4, -0.2) is 4.57 Å². The minimum absolute atomic E-state index is 0.0243. The van der Waals surface area contributed by atoms with E-state index >= 15 is 0 Å². The van der Waals surface area contributed by atoms with E-state index in [1.54, 1.807) is 23.0 Å². The van der Waals surface area contributed by atoms with E-state index in [-0.39, 0.29) is 5.56 Å². The van der Waals surface area contributed by atoms with Gasteiger partial charge in [0.15, 0.2) is 0 Å². The Morgan fingerprint density at radius 1 is 1.00 bits per heavy atom. The molecule has 0 fully saturated rings. The molecule has 3 N–H and O–H groups in total. The van der Waals surface area contributed by atoms with Crippen molar-refractivity contribution in [2.75, 3.05) is 11.1 Å². The smallest absolute Gasteiger partial charge is 0.259 e. The number of nitrogens with zero attached hydrogens (tertiary/aromatic N) is 1. The number of rotatable bonds is 3. The van der Waals surface area contributed by atoms with Crippen LogP contribution in [0.25, 0.3) is 21.2 Å². The molecular weight excluding hydrogens is 366 g/mol. The van der Waals surface area contributed by atoms with E-state index in [0.29, 0.717) is 5.69 Å². The van der Waals surface area contributed by atoms with Crippen LogP contribution in [0.3, 0.4) is 0 Å². The largest absolute Gasteiger partial charge is 0.399 e. The summed E-state index contributed by atoms with van der Waals surface area (Å²) in [5.41, 5.74) is 13.3. The molecule has 0 aliphatic rings. The Hall–Kier alpha value is -3.05. The standard InChI is InChI=1S/C23H23N3OS/c1-13-6-5-7-14(2)21(13)25-20-9-8-16(24)11-17(20)19-12-26(4)23(27)18-10-15(3)28-22(18)19/h5-12,25H,24H2,1-4H3. The second-order valence-electron chi connectivity index (χ2n) is 7.26. The molecule has 0 radical (unpaired) electrons. The first-order chi connectivity index (χ1) is 13.3. The molecule has 4 aromatic rings. The Balaban J connectivity index is 1.97. The highest BCUT2D eigenvalue weighted by molar-refractivity contribution is 7.19. The number of nitrogens with two attached hydrogens (primary N) is 1. The molecule has 0 unspecified atom stereocenters. The van der Waals surface area contributed by atoms with E-state index in [4.69, 9.17) is 5.73 Å². The van der Waals surface area contributed by atoms with Gasteiger partial charge in [-0.1, -0.05) is 18.2 Å². The van der Waals surface area contributed by atoms with Crippen LogP contribution in [0.4, 0.5) is 17.1 Å². The lowest BCUT2D eigenvalue weighted by Gasteiger charge is -2.17. The lowest BCUT2D eigenvalue weighted by Crippen LogP contribution is -2.15. The van der Waals surface area contributed by atoms with Gasteiger partial charge in [0.05, 0.1) is 5.39 Å². The zero-order valence-corrected chi connectivity index (χ0v) is 17.3. The van der Waals surface area contributed by atoms with E-state index < -0.39 is 0 Å². The highest BCUT2D eigenvalue weighted by atomic mass is 32.1. The van der Waals surface area contributed by atoms with Crippen molar-refractivity contribution in [3.8, 4) is 11.1 Å². The van der Waals surface area contributed by atoms with Crippen molar-refractivity contribution in [3.05, 3.63) is 75.0 Å². The molecular formula is C23H23N3OS. The summed E-state index contributed by atoms with van der Waals surface area (Å²) in [5, 5.41) is 4.35. The summed E-state index contributed by atoms with van der Waals surface area (Å²) in [7, 11) is 1.79. The zero-order chi connectivity index (χ0) is 20.0. The fourth-order valence-electron chi connectivity index (χ4n) is 3.61. The van der Waals surface area contributed by atoms with Gasteiger partial charge in [0.1, 0.15) is 0 Å². The molecule has 142 valence electrons. The van der Waals surface area contributed by atoms with Crippen LogP contribution >= 0.6 is 11.3 Å². The molecule has 0 bridgehead atoms. The number of nitrogens with one attached hydrogen (secondary N) is 1. The molecule has 4 rings (SSSR count). The molecule has 0 aliphatic heterocycles. The van der Waals surface area contributed by atoms with Crippen LogP contribution in [0.2, 0.25) is 0 Å². The maximum Gasteiger partial charge on any atom is 0.259 e. The summed E-state index contributed by atoms with van der Waals surface area (Å²) < 4.78 is 2.64. The Morgan fingerprint density at radius 2 is 1.71 bits per heavy atom. The highest BCUT2D eigenvalue weighted by Crippen LogP contribution is 2.39. The molecule has 0 spiro atoms. The molecule has 5 heteroatoms. The summed E-state index contributed by atoms with van der Waals surface area (Å²) in [6.07, 6.45) is 1.91. The molecule has 4 nitrogen and oxygen atoms in total. The van der Waals surface area contributed by atoms with Crippen LogP contribution in [0, 0.1) is 20.8 Å². The SMILES string of the molecule is Cc1cc2c(=O)n(C)cc(-c3cc(N)ccc3Nc3c(C)cccc3C)c2s1. The summed E-state index contributed by atoms with van der Waals surface area (Å²) in [5.74, 6) is 0. The third-order valence-corrected chi connectivity index (χ3v) is 6.13. The van der Waals surface area contributed by atoms with Gasteiger partial charge in [-0.3, -0.25) is 4.79 Å². The van der Waals surface area contributed by atoms with Crippen molar-refractivity contribution < 1.29 is 0 Å². The van der Waals surface area contributed by atoms with Gasteiger partial charge >= 0.3 is 0 Å². The van der Waals surface area contributed by atoms with E-state index in [0.717, 1.165) is 37.5 Å². The summed E-state index contributed by atoms with van der Waals surface area (Å²) >= 11 is 1.64. The van der Waals surface area contributed by atoms with Crippen LogP contribution in [0.5, 0.6) is 0 Å². The van der Waals surface area contributed by atoms with Gasteiger partial charge in [0.2, 0.25) is 0 Å². The van der Waals surface area contributed by atoms with Crippen molar-refractivity contribution in [1.29, 1.82) is 0 Å². The predicted molar refractivity (Wildman–Crippen MR) is 121 cm³/mol. The lowest BCUT2D eigenvalue weighted by molar-refractivity contribution is 0.875. The van der Waals surface area contributed by atoms with Crippen LogP contribution < -0.4 is 16.6 Å². The van der Waals surface area contributed by atoms with Crippen molar-refractivity contribution in [2.45, 2.75) is 20.8 Å². The molecule has 0 aliphatic carbocycles. The highest BCUT2D eigenvalue weighted by Gasteiger charge is 2.16. The number of aryl methyl sites for hydroxylation is 4. The fraction of sp³-hybridized carbons (Fsp3) is 0.174. The minimum Gasteiger partial charge on any atom is -0.399 e. The van der Waals surface area contributed by atoms with E-state index in [9.17, 15) is 4.79 Å². The Bertz CT molecular complexity index is 1250. The third kappa shape index (κ3) is 3.08. The summed E-state index contributed by atoms with van der Waals surface area (Å²) in [6.45, 7) is 6.22. The summed E-state index contributed by atoms with van der Waals surface area (Å²) in [6, 6.07) is 14.1. The number of fused-ring (bicyclic) bond motifs is 1. The monoisotopic (exact) mass is 389 g/mol. The zero-order valence-electron chi connectivity index (χ0n) is 16.5. The van der Waals surface area contributed by atoms with Gasteiger partial charge in [-0.05, 0) is 56.2 Å². The van der Waals surface area contributed by atoms with Gasteiger partial charge in [0, 0.05) is 51.0 Å². The fourth-order valence-corrected chi connectivity index (χ4v) is 4.63. The molecule has 2 aromatic carbocycles. The molecule has 0 amide bonds. The van der Waals surface area contributed by atoms with Gasteiger partial charge in [-0.25, -0.2) is 0 Å². The molecule has 0 saturated heterocycles. The van der Waals surface area contributed by atoms with Crippen molar-refractivity contribution in [1.82, 2.24) is 4.57 Å². The number of hydrogen-bond acceptors (Lipinski definition) is 4. The molecule has 28 heavy (non-hydrogen) atoms. The van der Waals surface area contributed by atoms with E-state index in [1.165, 1.54) is 11.1 Å². The number of benzene rings is 2. The number of thiophene rings is 1. The van der Waals surface area contributed by atoms with Crippen molar-refractivity contribution >= 4 is 38.5 Å². The van der Waals surface area contributed by atoms with Gasteiger partial charge in [-0.2, -0.15) is 0 Å². The Kier molecular flexibility index (Phi) is 4.47. The first-order valence-electron chi connectivity index (χ1n) is 9.18. The maximum absolute atomic E-state index is 12.6. The molecule has 0 saturated carbocycles. The number of aromatic nitrogens is 1. The quantitative estimate of drug-likeness (QED) is 0.454. The third-order valence-electron chi connectivity index (χ3n) is 5.05. The summed E-state index contributed by atoms with van der Waals surface area (Å²) in [4.78, 5) is 13.7. The molecule has 2 heterocycles. The lowest BCUT2D eigenvalue weighted by atomic mass is 10.0. The molecule has 2 aromatic heterocycles. The first-order valence-corrected chi connectivity index (χ1v) is 9.99. The van der Waals surface area contributed by atoms with Gasteiger partial charge in [-0.15, -0.1) is 11.3 Å². The van der Waals surface area contributed by atoms with Crippen LogP contribution in [0.1, 0.15) is 16.0 Å². The van der Waals surface area contributed by atoms with Gasteiger partial charge < -0.3 is 15.6 Å². The number of anilines is 3. The number of hydrogen-bond donors (Lipinski definition) is 2. The van der Waals surface area contributed by atoms with Crippen molar-refractivity contribution in [3.63, 3.8) is 0 Å². The average molecular weight is 390 g/mol. The van der Waals surface area contributed by atoms with E-state index in [1.807, 2.05) is 37.4 Å². The van der Waals surface area contributed by atoms with E-state index in [2.05, 4.69) is 37.4 Å². The van der Waals surface area contributed by atoms with Crippen LogP contribution in [0.15, 0.2) is 53.5 Å². The van der Waals surface area contributed by atoms with Gasteiger partial charge in [0.25, 0.3) is 5.56 Å². The number of pyridine rings is 1. The molecule has 0 atom stereocenters. The normalized spacial score (nSPS) is 11.1. The number of nitrogen functional groups attached to an aromatic ring is 1. The predicted octanol–water partition coefficient (Wildman–Crippen LogP) is 5.52. The Morgan fingerprint density at radius 3 is 2.43 bits per heavy atom. The van der Waals surface area contributed by atoms with Crippen molar-refractivity contribution in [2.24, 2.45) is 7.05 Å². The average Bonchev–Trinajstić information content (AvgIpc) is 3.04. The number of para-hydroxylation sites is 1. The maximum atomic E-state index is 12.6. The second kappa shape index (κ2) is 6.84. The Labute approximate surface area is 168 Å². The first kappa shape index (κ1) is 18.3. The topological polar surface area (TPSA) is 60.0 Å².